The molecule has 0 saturated heterocycles. The predicted octanol–water partition coefficient (Wildman–Crippen LogP) is 4.19. The first-order valence-corrected chi connectivity index (χ1v) is 7.58. The maximum atomic E-state index is 6.14. The maximum absolute atomic E-state index is 6.14. The lowest BCUT2D eigenvalue weighted by atomic mass is 9.69. The van der Waals surface area contributed by atoms with E-state index in [0.29, 0.717) is 16.6 Å². The quantitative estimate of drug-likeness (QED) is 0.490. The zero-order chi connectivity index (χ0) is 11.9. The van der Waals surface area contributed by atoms with E-state index in [9.17, 15) is 0 Å². The van der Waals surface area contributed by atoms with E-state index in [4.69, 9.17) is 7.85 Å². The van der Waals surface area contributed by atoms with E-state index in [1.807, 2.05) is 11.8 Å². The first-order chi connectivity index (χ1) is 8.19. The van der Waals surface area contributed by atoms with Crippen LogP contribution in [0.4, 0.5) is 0 Å². The van der Waals surface area contributed by atoms with Crippen molar-refractivity contribution in [1.29, 1.82) is 0 Å². The van der Waals surface area contributed by atoms with Crippen LogP contribution in [0, 0.1) is 11.8 Å². The van der Waals surface area contributed by atoms with Crippen molar-refractivity contribution in [3.8, 4) is 0 Å². The first kappa shape index (κ1) is 11.7. The van der Waals surface area contributed by atoms with Crippen LogP contribution < -0.4 is 0 Å². The SMILES string of the molecule is [B]C1=CSC2(C)CCC(C3C=CCCC3)=CC12. The van der Waals surface area contributed by atoms with Gasteiger partial charge in [0.25, 0.3) is 0 Å². The Morgan fingerprint density at radius 3 is 3.12 bits per heavy atom. The number of thioether (sulfide) groups is 1. The van der Waals surface area contributed by atoms with Gasteiger partial charge in [0.05, 0.1) is 0 Å². The summed E-state index contributed by atoms with van der Waals surface area (Å²) in [6.45, 7) is 2.36. The molecule has 0 bridgehead atoms. The average Bonchev–Trinajstić information content (AvgIpc) is 2.66. The largest absolute Gasteiger partial charge is 0.128 e. The smallest absolute Gasteiger partial charge is 0.109 e. The normalized spacial score (nSPS) is 40.8. The number of rotatable bonds is 1. The van der Waals surface area contributed by atoms with Crippen LogP contribution in [0.25, 0.3) is 0 Å². The number of fused-ring (bicyclic) bond motifs is 1. The van der Waals surface area contributed by atoms with Gasteiger partial charge in [-0.05, 0) is 50.4 Å². The average molecular weight is 242 g/mol. The fraction of sp³-hybridized carbons (Fsp3) is 0.600. The molecule has 1 heterocycles. The van der Waals surface area contributed by atoms with Crippen molar-refractivity contribution in [3.05, 3.63) is 34.7 Å². The Hall–Kier alpha value is -0.365. The minimum Gasteiger partial charge on any atom is -0.128 e. The summed E-state index contributed by atoms with van der Waals surface area (Å²) in [5.41, 5.74) is 2.72. The second-order valence-corrected chi connectivity index (χ2v) is 7.14. The van der Waals surface area contributed by atoms with Crippen LogP contribution in [0.2, 0.25) is 0 Å². The van der Waals surface area contributed by atoms with Crippen molar-refractivity contribution < 1.29 is 0 Å². The second-order valence-electron chi connectivity index (χ2n) is 5.73. The molecule has 0 aromatic rings. The molecule has 2 heteroatoms. The summed E-state index contributed by atoms with van der Waals surface area (Å²) < 4.78 is 0.339. The van der Waals surface area contributed by atoms with Gasteiger partial charge >= 0.3 is 0 Å². The highest BCUT2D eigenvalue weighted by Gasteiger charge is 2.40. The molecule has 17 heavy (non-hydrogen) atoms. The summed E-state index contributed by atoms with van der Waals surface area (Å²) in [5, 5.41) is 2.17. The summed E-state index contributed by atoms with van der Waals surface area (Å²) >= 11 is 1.94. The number of hydrogen-bond donors (Lipinski definition) is 0. The van der Waals surface area contributed by atoms with Crippen molar-refractivity contribution >= 4 is 19.6 Å². The molecule has 88 valence electrons. The second kappa shape index (κ2) is 4.38. The van der Waals surface area contributed by atoms with Crippen LogP contribution in [0.3, 0.4) is 0 Å². The molecule has 0 nitrogen and oxygen atoms in total. The van der Waals surface area contributed by atoms with Gasteiger partial charge in [-0.25, -0.2) is 0 Å². The highest BCUT2D eigenvalue weighted by molar-refractivity contribution is 8.03. The first-order valence-electron chi connectivity index (χ1n) is 6.70. The van der Waals surface area contributed by atoms with E-state index in [1.165, 1.54) is 32.1 Å². The fourth-order valence-corrected chi connectivity index (χ4v) is 4.43. The summed E-state index contributed by atoms with van der Waals surface area (Å²) in [6, 6.07) is 0. The predicted molar refractivity (Wildman–Crippen MR) is 77.1 cm³/mol. The van der Waals surface area contributed by atoms with Gasteiger partial charge in [0.2, 0.25) is 0 Å². The zero-order valence-corrected chi connectivity index (χ0v) is 11.3. The topological polar surface area (TPSA) is 0 Å². The lowest BCUT2D eigenvalue weighted by molar-refractivity contribution is 0.457. The van der Waals surface area contributed by atoms with E-state index in [0.717, 1.165) is 5.47 Å². The lowest BCUT2D eigenvalue weighted by Gasteiger charge is -2.37. The third-order valence-corrected chi connectivity index (χ3v) is 5.89. The molecule has 0 aromatic heterocycles. The number of hydrogen-bond acceptors (Lipinski definition) is 1. The summed E-state index contributed by atoms with van der Waals surface area (Å²) in [7, 11) is 6.14. The minimum absolute atomic E-state index is 0.339. The van der Waals surface area contributed by atoms with Crippen molar-refractivity contribution in [2.24, 2.45) is 11.8 Å². The van der Waals surface area contributed by atoms with Gasteiger partial charge in [0, 0.05) is 10.7 Å². The van der Waals surface area contributed by atoms with E-state index in [-0.39, 0.29) is 0 Å². The highest BCUT2D eigenvalue weighted by atomic mass is 32.2. The Balaban J connectivity index is 1.86. The van der Waals surface area contributed by atoms with E-state index >= 15 is 0 Å². The van der Waals surface area contributed by atoms with Crippen LogP contribution >= 0.6 is 11.8 Å². The molecule has 3 rings (SSSR count). The molecule has 0 saturated carbocycles. The summed E-state index contributed by atoms with van der Waals surface area (Å²) in [5.74, 6) is 1.18. The van der Waals surface area contributed by atoms with Crippen molar-refractivity contribution in [2.75, 3.05) is 0 Å². The Labute approximate surface area is 110 Å². The molecule has 0 spiro atoms. The molecule has 0 N–H and O–H groups in total. The molecular weight excluding hydrogens is 223 g/mol. The zero-order valence-electron chi connectivity index (χ0n) is 10.5. The van der Waals surface area contributed by atoms with Gasteiger partial charge in [-0.2, -0.15) is 0 Å². The Morgan fingerprint density at radius 1 is 1.47 bits per heavy atom. The standard InChI is InChI=1S/C15H19BS/c1-15-8-7-12(11-5-3-2-4-6-11)9-13(15)14(16)10-17-15/h3,5,9-11,13H,2,4,6-8H2,1H3. The maximum Gasteiger partial charge on any atom is 0.109 e. The van der Waals surface area contributed by atoms with Gasteiger partial charge < -0.3 is 0 Å². The van der Waals surface area contributed by atoms with Crippen LogP contribution in [0.5, 0.6) is 0 Å². The monoisotopic (exact) mass is 242 g/mol. The van der Waals surface area contributed by atoms with Gasteiger partial charge in [-0.3, -0.25) is 0 Å². The highest BCUT2D eigenvalue weighted by Crippen LogP contribution is 2.52. The lowest BCUT2D eigenvalue weighted by Crippen LogP contribution is -2.32. The molecule has 3 aliphatic rings. The fourth-order valence-electron chi connectivity index (χ4n) is 3.31. The third-order valence-electron chi connectivity index (χ3n) is 4.50. The third kappa shape index (κ3) is 2.05. The summed E-state index contributed by atoms with van der Waals surface area (Å²) in [4.78, 5) is 0. The Kier molecular flexibility index (Phi) is 3.02. The van der Waals surface area contributed by atoms with Gasteiger partial charge in [-0.1, -0.05) is 23.8 Å². The van der Waals surface area contributed by atoms with Gasteiger partial charge in [0.15, 0.2) is 0 Å². The van der Waals surface area contributed by atoms with Crippen LogP contribution in [-0.4, -0.2) is 12.6 Å². The molecule has 2 radical (unpaired) electrons. The Morgan fingerprint density at radius 2 is 2.35 bits per heavy atom. The van der Waals surface area contributed by atoms with E-state index in [1.54, 1.807) is 5.57 Å². The van der Waals surface area contributed by atoms with Crippen LogP contribution in [0.1, 0.15) is 39.0 Å². The molecule has 3 unspecified atom stereocenters. The van der Waals surface area contributed by atoms with Crippen molar-refractivity contribution in [1.82, 2.24) is 0 Å². The van der Waals surface area contributed by atoms with Crippen molar-refractivity contribution in [2.45, 2.75) is 43.8 Å². The van der Waals surface area contributed by atoms with Crippen molar-refractivity contribution in [3.63, 3.8) is 0 Å². The molecule has 1 aliphatic heterocycles. The van der Waals surface area contributed by atoms with Gasteiger partial charge in [-0.15, -0.1) is 17.2 Å². The van der Waals surface area contributed by atoms with Crippen LogP contribution in [-0.2, 0) is 0 Å². The molecule has 0 fully saturated rings. The summed E-state index contributed by atoms with van der Waals surface area (Å²) in [6.07, 6.45) is 13.7. The Bertz CT molecular complexity index is 407. The van der Waals surface area contributed by atoms with Gasteiger partial charge in [0.1, 0.15) is 7.85 Å². The van der Waals surface area contributed by atoms with E-state index < -0.39 is 0 Å². The van der Waals surface area contributed by atoms with E-state index in [2.05, 4.69) is 30.6 Å². The molecule has 2 aliphatic carbocycles. The minimum atomic E-state index is 0.339. The molecule has 3 atom stereocenters. The molecule has 0 amide bonds. The molecular formula is C15H19BS. The van der Waals surface area contributed by atoms with Crippen LogP contribution in [0.15, 0.2) is 34.7 Å². The number of allylic oxidation sites excluding steroid dienone is 5. The molecule has 0 aromatic carbocycles.